The van der Waals surface area contributed by atoms with Crippen molar-refractivity contribution < 1.29 is 9.47 Å². The maximum absolute atomic E-state index is 5.21. The smallest absolute Gasteiger partial charge is 0.231 e. The molecule has 0 N–H and O–H groups in total. The van der Waals surface area contributed by atoms with Gasteiger partial charge in [-0.1, -0.05) is 0 Å². The van der Waals surface area contributed by atoms with Crippen molar-refractivity contribution in [3.05, 3.63) is 12.3 Å². The Balaban J connectivity index is 2.50. The second-order valence-corrected chi connectivity index (χ2v) is 2.85. The summed E-state index contributed by atoms with van der Waals surface area (Å²) in [5.41, 5.74) is 0. The Bertz CT molecular complexity index is 277. The summed E-state index contributed by atoms with van der Waals surface area (Å²) in [6, 6.07) is 1.81. The van der Waals surface area contributed by atoms with E-state index >= 15 is 0 Å². The molecule has 0 saturated carbocycles. The molecule has 0 saturated heterocycles. The van der Waals surface area contributed by atoms with Crippen molar-refractivity contribution in [2.75, 3.05) is 13.0 Å². The first-order valence-corrected chi connectivity index (χ1v) is 4.43. The molecule has 2 heterocycles. The molecule has 58 valence electrons. The minimum atomic E-state index is 0.314. The summed E-state index contributed by atoms with van der Waals surface area (Å²) in [6.45, 7) is 0.314. The van der Waals surface area contributed by atoms with Crippen LogP contribution in [0.2, 0.25) is 0 Å². The lowest BCUT2D eigenvalue weighted by molar-refractivity contribution is 0.172. The summed E-state index contributed by atoms with van der Waals surface area (Å²) < 4.78 is 10.4. The van der Waals surface area contributed by atoms with Gasteiger partial charge < -0.3 is 9.47 Å². The molecule has 1 aromatic rings. The molecule has 11 heavy (non-hydrogen) atoms. The Kier molecular flexibility index (Phi) is 1.62. The van der Waals surface area contributed by atoms with Crippen LogP contribution in [0.4, 0.5) is 0 Å². The molecule has 1 aromatic heterocycles. The summed E-state index contributed by atoms with van der Waals surface area (Å²) in [4.78, 5) is 4.13. The Morgan fingerprint density at radius 2 is 2.45 bits per heavy atom. The molecular formula is C7H7NO2S. The van der Waals surface area contributed by atoms with Gasteiger partial charge in [0.25, 0.3) is 0 Å². The Hall–Kier alpha value is -0.900. The van der Waals surface area contributed by atoms with E-state index in [-0.39, 0.29) is 0 Å². The maximum Gasteiger partial charge on any atom is 0.231 e. The van der Waals surface area contributed by atoms with Crippen LogP contribution >= 0.6 is 11.8 Å². The number of pyridine rings is 1. The van der Waals surface area contributed by atoms with Crippen LogP contribution in [0.1, 0.15) is 0 Å². The van der Waals surface area contributed by atoms with Crippen molar-refractivity contribution >= 4 is 11.8 Å². The lowest BCUT2D eigenvalue weighted by atomic mass is 10.4. The summed E-state index contributed by atoms with van der Waals surface area (Å²) >= 11 is 1.56. The maximum atomic E-state index is 5.21. The van der Waals surface area contributed by atoms with E-state index in [4.69, 9.17) is 9.47 Å². The molecule has 0 aliphatic carbocycles. The van der Waals surface area contributed by atoms with Gasteiger partial charge in [-0.3, -0.25) is 0 Å². The minimum Gasteiger partial charge on any atom is -0.453 e. The number of rotatable bonds is 1. The molecule has 0 amide bonds. The number of aromatic nitrogens is 1. The lowest BCUT2D eigenvalue weighted by Gasteiger charge is -1.98. The van der Waals surface area contributed by atoms with Crippen LogP contribution in [0.25, 0.3) is 0 Å². The number of hydrogen-bond acceptors (Lipinski definition) is 4. The van der Waals surface area contributed by atoms with E-state index in [9.17, 15) is 0 Å². The zero-order valence-electron chi connectivity index (χ0n) is 6.03. The van der Waals surface area contributed by atoms with Crippen LogP contribution in [0.15, 0.2) is 17.3 Å². The van der Waals surface area contributed by atoms with Gasteiger partial charge in [0.15, 0.2) is 11.5 Å². The Morgan fingerprint density at radius 1 is 1.55 bits per heavy atom. The number of fused-ring (bicyclic) bond motifs is 1. The van der Waals surface area contributed by atoms with Crippen LogP contribution in [0.5, 0.6) is 11.5 Å². The van der Waals surface area contributed by atoms with Gasteiger partial charge in [-0.15, -0.1) is 11.8 Å². The van der Waals surface area contributed by atoms with Crippen molar-refractivity contribution in [2.45, 2.75) is 5.03 Å². The molecule has 0 fully saturated rings. The molecule has 0 spiro atoms. The highest BCUT2D eigenvalue weighted by Gasteiger charge is 2.17. The summed E-state index contributed by atoms with van der Waals surface area (Å²) in [6.07, 6.45) is 3.68. The largest absolute Gasteiger partial charge is 0.453 e. The quantitative estimate of drug-likeness (QED) is 0.597. The summed E-state index contributed by atoms with van der Waals surface area (Å²) in [7, 11) is 0. The summed E-state index contributed by atoms with van der Waals surface area (Å²) in [5.74, 6) is 1.57. The fourth-order valence-corrected chi connectivity index (χ4v) is 1.47. The van der Waals surface area contributed by atoms with Crippen molar-refractivity contribution in [3.8, 4) is 11.5 Å². The highest BCUT2D eigenvalue weighted by atomic mass is 32.2. The van der Waals surface area contributed by atoms with Crippen LogP contribution < -0.4 is 9.47 Å². The number of hydrogen-bond donors (Lipinski definition) is 0. The van der Waals surface area contributed by atoms with Gasteiger partial charge >= 0.3 is 0 Å². The molecule has 0 aromatic carbocycles. The SMILES string of the molecule is CSc1nccc2c1OCO2. The minimum absolute atomic E-state index is 0.314. The molecule has 0 unspecified atom stereocenters. The van der Waals surface area contributed by atoms with E-state index in [1.807, 2.05) is 12.3 Å². The predicted molar refractivity (Wildman–Crippen MR) is 42.1 cm³/mol. The molecule has 0 bridgehead atoms. The topological polar surface area (TPSA) is 31.4 Å². The van der Waals surface area contributed by atoms with Gasteiger partial charge in [-0.2, -0.15) is 0 Å². The van der Waals surface area contributed by atoms with Crippen molar-refractivity contribution in [1.29, 1.82) is 0 Å². The van der Waals surface area contributed by atoms with Crippen LogP contribution in [-0.2, 0) is 0 Å². The number of nitrogens with zero attached hydrogens (tertiary/aromatic N) is 1. The van der Waals surface area contributed by atoms with Gasteiger partial charge in [0.1, 0.15) is 5.03 Å². The first-order chi connectivity index (χ1) is 5.42. The van der Waals surface area contributed by atoms with Crippen LogP contribution in [0, 0.1) is 0 Å². The van der Waals surface area contributed by atoms with Gasteiger partial charge in [0, 0.05) is 12.3 Å². The van der Waals surface area contributed by atoms with Crippen molar-refractivity contribution in [2.24, 2.45) is 0 Å². The monoisotopic (exact) mass is 169 g/mol. The molecule has 0 radical (unpaired) electrons. The summed E-state index contributed by atoms with van der Waals surface area (Å²) in [5, 5.41) is 0.889. The average Bonchev–Trinajstić information content (AvgIpc) is 2.50. The standard InChI is InChI=1S/C7H7NO2S/c1-11-7-6-5(2-3-8-7)9-4-10-6/h2-3H,4H2,1H3. The molecule has 0 atom stereocenters. The zero-order valence-corrected chi connectivity index (χ0v) is 6.85. The van der Waals surface area contributed by atoms with Crippen LogP contribution in [-0.4, -0.2) is 18.0 Å². The van der Waals surface area contributed by atoms with Crippen molar-refractivity contribution in [1.82, 2.24) is 4.98 Å². The lowest BCUT2D eigenvalue weighted by Crippen LogP contribution is -1.93. The van der Waals surface area contributed by atoms with E-state index in [2.05, 4.69) is 4.98 Å². The first kappa shape index (κ1) is 6.79. The molecule has 4 heteroatoms. The zero-order chi connectivity index (χ0) is 7.68. The molecule has 1 aliphatic heterocycles. The van der Waals surface area contributed by atoms with E-state index in [1.54, 1.807) is 18.0 Å². The second kappa shape index (κ2) is 2.62. The third-order valence-electron chi connectivity index (χ3n) is 1.45. The van der Waals surface area contributed by atoms with Gasteiger partial charge in [-0.05, 0) is 6.26 Å². The Morgan fingerprint density at radius 3 is 3.27 bits per heavy atom. The number of ether oxygens (including phenoxy) is 2. The van der Waals surface area contributed by atoms with Gasteiger partial charge in [0.05, 0.1) is 0 Å². The van der Waals surface area contributed by atoms with E-state index in [1.165, 1.54) is 0 Å². The van der Waals surface area contributed by atoms with Crippen LogP contribution in [0.3, 0.4) is 0 Å². The third kappa shape index (κ3) is 1.03. The Labute approximate surface area is 68.7 Å². The molecule has 1 aliphatic rings. The van der Waals surface area contributed by atoms with Gasteiger partial charge in [-0.25, -0.2) is 4.98 Å². The van der Waals surface area contributed by atoms with E-state index < -0.39 is 0 Å². The fourth-order valence-electron chi connectivity index (χ4n) is 0.956. The molecule has 2 rings (SSSR count). The second-order valence-electron chi connectivity index (χ2n) is 2.05. The molecule has 3 nitrogen and oxygen atoms in total. The van der Waals surface area contributed by atoms with E-state index in [0.717, 1.165) is 16.5 Å². The highest BCUT2D eigenvalue weighted by Crippen LogP contribution is 2.37. The van der Waals surface area contributed by atoms with E-state index in [0.29, 0.717) is 6.79 Å². The number of thioether (sulfide) groups is 1. The van der Waals surface area contributed by atoms with Crippen molar-refractivity contribution in [3.63, 3.8) is 0 Å². The predicted octanol–water partition coefficient (Wildman–Crippen LogP) is 1.53. The third-order valence-corrected chi connectivity index (χ3v) is 2.12. The highest BCUT2D eigenvalue weighted by molar-refractivity contribution is 7.98. The average molecular weight is 169 g/mol. The first-order valence-electron chi connectivity index (χ1n) is 3.20. The molecular weight excluding hydrogens is 162 g/mol. The fraction of sp³-hybridized carbons (Fsp3) is 0.286. The normalized spacial score (nSPS) is 13.5. The van der Waals surface area contributed by atoms with Gasteiger partial charge in [0.2, 0.25) is 6.79 Å².